The van der Waals surface area contributed by atoms with Crippen molar-refractivity contribution >= 4 is 52.5 Å². The summed E-state index contributed by atoms with van der Waals surface area (Å²) in [5.74, 6) is -0.848. The number of nitrogens with zero attached hydrogens (tertiary/aromatic N) is 1. The lowest BCUT2D eigenvalue weighted by Crippen LogP contribution is -2.31. The van der Waals surface area contributed by atoms with Crippen LogP contribution in [0.3, 0.4) is 0 Å². The van der Waals surface area contributed by atoms with Gasteiger partial charge in [0.05, 0.1) is 16.1 Å². The van der Waals surface area contributed by atoms with E-state index in [4.69, 9.17) is 32.7 Å². The fourth-order valence-corrected chi connectivity index (χ4v) is 3.09. The number of benzene rings is 1. The van der Waals surface area contributed by atoms with Gasteiger partial charge in [-0.2, -0.15) is 0 Å². The van der Waals surface area contributed by atoms with E-state index in [-0.39, 0.29) is 32.2 Å². The number of halogens is 2. The lowest BCUT2D eigenvalue weighted by molar-refractivity contribution is 0.00488. The van der Waals surface area contributed by atoms with Gasteiger partial charge < -0.3 is 9.47 Å². The van der Waals surface area contributed by atoms with Gasteiger partial charge in [0.2, 0.25) is 0 Å². The predicted molar refractivity (Wildman–Crippen MR) is 104 cm³/mol. The molecule has 0 saturated heterocycles. The Labute approximate surface area is 167 Å². The lowest BCUT2D eigenvalue weighted by Gasteiger charge is -2.22. The molecule has 0 aliphatic rings. The average Bonchev–Trinajstić information content (AvgIpc) is 2.77. The summed E-state index contributed by atoms with van der Waals surface area (Å²) in [6, 6.07) is 2.87. The maximum absolute atomic E-state index is 12.8. The molecule has 0 aliphatic heterocycles. The molecule has 0 spiro atoms. The van der Waals surface area contributed by atoms with Crippen molar-refractivity contribution in [1.29, 1.82) is 0 Å². The van der Waals surface area contributed by atoms with Crippen molar-refractivity contribution < 1.29 is 23.9 Å². The Balaban J connectivity index is 2.87. The predicted octanol–water partition coefficient (Wildman–Crippen LogP) is 5.50. The summed E-state index contributed by atoms with van der Waals surface area (Å²) in [7, 11) is 0. The van der Waals surface area contributed by atoms with Crippen molar-refractivity contribution in [3.8, 4) is 0 Å². The fraction of sp³-hybridized carbons (Fsp3) is 0.421. The van der Waals surface area contributed by atoms with E-state index in [1.54, 1.807) is 41.5 Å². The van der Waals surface area contributed by atoms with E-state index in [2.05, 4.69) is 0 Å². The van der Waals surface area contributed by atoms with Crippen LogP contribution in [-0.2, 0) is 9.47 Å². The van der Waals surface area contributed by atoms with Crippen LogP contribution in [0.2, 0.25) is 10.0 Å². The summed E-state index contributed by atoms with van der Waals surface area (Å²) in [4.78, 5) is 37.5. The number of aldehydes is 1. The Morgan fingerprint density at radius 1 is 1.00 bits per heavy atom. The monoisotopic (exact) mass is 413 g/mol. The maximum atomic E-state index is 12.8. The summed E-state index contributed by atoms with van der Waals surface area (Å²) in [5, 5.41) is 0.595. The Bertz CT molecular complexity index is 932. The highest BCUT2D eigenvalue weighted by Gasteiger charge is 2.33. The van der Waals surface area contributed by atoms with E-state index in [0.29, 0.717) is 6.29 Å². The number of aromatic nitrogens is 1. The molecule has 8 heteroatoms. The summed E-state index contributed by atoms with van der Waals surface area (Å²) >= 11 is 12.3. The normalized spacial score (nSPS) is 12.1. The third-order valence-electron chi connectivity index (χ3n) is 3.31. The van der Waals surface area contributed by atoms with Gasteiger partial charge in [0.25, 0.3) is 0 Å². The molecule has 6 nitrogen and oxygen atoms in total. The van der Waals surface area contributed by atoms with E-state index in [1.165, 1.54) is 12.1 Å². The van der Waals surface area contributed by atoms with Crippen LogP contribution in [0.1, 0.15) is 62.4 Å². The minimum atomic E-state index is -0.848. The first-order chi connectivity index (χ1) is 12.2. The molecule has 0 saturated carbocycles. The third-order valence-corrected chi connectivity index (χ3v) is 3.83. The van der Waals surface area contributed by atoms with Crippen LogP contribution in [0, 0.1) is 0 Å². The van der Waals surface area contributed by atoms with Crippen LogP contribution in [0.25, 0.3) is 10.9 Å². The zero-order chi connectivity index (χ0) is 20.7. The van der Waals surface area contributed by atoms with Gasteiger partial charge in [0.1, 0.15) is 16.9 Å². The highest BCUT2D eigenvalue weighted by atomic mass is 35.5. The molecule has 1 aromatic carbocycles. The van der Waals surface area contributed by atoms with Crippen molar-refractivity contribution in [2.24, 2.45) is 0 Å². The van der Waals surface area contributed by atoms with Crippen molar-refractivity contribution in [2.75, 3.05) is 0 Å². The van der Waals surface area contributed by atoms with Gasteiger partial charge in [-0.1, -0.05) is 23.2 Å². The van der Waals surface area contributed by atoms with Crippen LogP contribution in [0.15, 0.2) is 12.1 Å². The second-order valence-electron chi connectivity index (χ2n) is 7.98. The smallest absolute Gasteiger partial charge is 0.419 e. The Kier molecular flexibility index (Phi) is 5.64. The number of fused-ring (bicyclic) bond motifs is 1. The van der Waals surface area contributed by atoms with Gasteiger partial charge in [-0.15, -0.1) is 0 Å². The maximum Gasteiger partial charge on any atom is 0.419 e. The molecule has 2 rings (SSSR count). The molecule has 0 unspecified atom stereocenters. The highest BCUT2D eigenvalue weighted by Crippen LogP contribution is 2.35. The van der Waals surface area contributed by atoms with E-state index in [9.17, 15) is 14.4 Å². The minimum Gasteiger partial charge on any atom is -0.455 e. The summed E-state index contributed by atoms with van der Waals surface area (Å²) in [6.07, 6.45) is -0.387. The Morgan fingerprint density at radius 2 is 1.56 bits per heavy atom. The van der Waals surface area contributed by atoms with E-state index in [0.717, 1.165) is 4.57 Å². The molecule has 1 aromatic heterocycles. The molecule has 0 amide bonds. The molecular formula is C19H21Cl2NO5. The van der Waals surface area contributed by atoms with E-state index >= 15 is 0 Å². The summed E-state index contributed by atoms with van der Waals surface area (Å²) in [5.41, 5.74) is -1.80. The number of hydrogen-bond donors (Lipinski definition) is 0. The van der Waals surface area contributed by atoms with Crippen LogP contribution in [-0.4, -0.2) is 34.1 Å². The number of rotatable bonds is 2. The number of ether oxygens (including phenoxy) is 2. The molecule has 0 bridgehead atoms. The number of esters is 1. The summed E-state index contributed by atoms with van der Waals surface area (Å²) in [6.45, 7) is 10.1. The first-order valence-electron chi connectivity index (χ1n) is 8.20. The molecule has 0 radical (unpaired) electrons. The molecule has 1 heterocycles. The number of carbonyl (C=O) groups is 3. The largest absolute Gasteiger partial charge is 0.455 e. The molecular weight excluding hydrogens is 393 g/mol. The van der Waals surface area contributed by atoms with Crippen molar-refractivity contribution in [3.05, 3.63) is 33.4 Å². The zero-order valence-electron chi connectivity index (χ0n) is 16.0. The van der Waals surface area contributed by atoms with E-state index in [1.807, 2.05) is 0 Å². The van der Waals surface area contributed by atoms with Gasteiger partial charge >= 0.3 is 12.1 Å². The van der Waals surface area contributed by atoms with Gasteiger partial charge in [-0.05, 0) is 53.7 Å². The van der Waals surface area contributed by atoms with Crippen molar-refractivity contribution in [2.45, 2.75) is 52.7 Å². The molecule has 146 valence electrons. The topological polar surface area (TPSA) is 74.6 Å². The van der Waals surface area contributed by atoms with Crippen LogP contribution in [0.4, 0.5) is 4.79 Å². The molecule has 0 N–H and O–H groups in total. The fourth-order valence-electron chi connectivity index (χ4n) is 2.50. The third kappa shape index (κ3) is 4.62. The Morgan fingerprint density at radius 3 is 2.04 bits per heavy atom. The van der Waals surface area contributed by atoms with Gasteiger partial charge in [0.15, 0.2) is 6.29 Å². The number of hydrogen-bond acceptors (Lipinski definition) is 5. The first kappa shape index (κ1) is 21.3. The molecule has 0 aliphatic carbocycles. The highest BCUT2D eigenvalue weighted by molar-refractivity contribution is 6.40. The first-order valence-corrected chi connectivity index (χ1v) is 8.96. The summed E-state index contributed by atoms with van der Waals surface area (Å²) < 4.78 is 11.8. The van der Waals surface area contributed by atoms with E-state index < -0.39 is 23.3 Å². The molecule has 0 atom stereocenters. The minimum absolute atomic E-state index is 0.0632. The van der Waals surface area contributed by atoms with Crippen LogP contribution < -0.4 is 0 Å². The van der Waals surface area contributed by atoms with Crippen LogP contribution >= 0.6 is 23.2 Å². The van der Waals surface area contributed by atoms with Crippen LogP contribution in [0.5, 0.6) is 0 Å². The van der Waals surface area contributed by atoms with Gasteiger partial charge in [-0.25, -0.2) is 14.2 Å². The molecule has 27 heavy (non-hydrogen) atoms. The average molecular weight is 414 g/mol. The second-order valence-corrected chi connectivity index (χ2v) is 8.82. The molecule has 0 fully saturated rings. The molecule has 2 aromatic rings. The van der Waals surface area contributed by atoms with Crippen molar-refractivity contribution in [3.63, 3.8) is 0 Å². The SMILES string of the molecule is CC(C)(C)OC(=O)c1c(C=O)c2c(Cl)cc(Cl)cc2n1C(=O)OC(C)(C)C. The zero-order valence-corrected chi connectivity index (χ0v) is 17.5. The standard InChI is InChI=1S/C19H21Cl2NO5/c1-18(2,3)26-16(24)15-11(9-23)14-12(21)7-10(20)8-13(14)22(15)17(25)27-19(4,5)6/h7-9H,1-6H3. The number of carbonyl (C=O) groups excluding carboxylic acids is 3. The van der Waals surface area contributed by atoms with Gasteiger partial charge in [-0.3, -0.25) is 4.79 Å². The lowest BCUT2D eigenvalue weighted by atomic mass is 10.1. The van der Waals surface area contributed by atoms with Crippen molar-refractivity contribution in [1.82, 2.24) is 4.57 Å². The van der Waals surface area contributed by atoms with Gasteiger partial charge in [0, 0.05) is 10.4 Å². The Hall–Kier alpha value is -2.05. The quantitative estimate of drug-likeness (QED) is 0.479. The second kappa shape index (κ2) is 7.17.